The van der Waals surface area contributed by atoms with Crippen LogP contribution in [-0.4, -0.2) is 35.3 Å². The number of pyridine rings is 1. The van der Waals surface area contributed by atoms with Crippen molar-refractivity contribution >= 4 is 25.7 Å². The molecule has 0 aliphatic heterocycles. The minimum absolute atomic E-state index is 0.0237. The van der Waals surface area contributed by atoms with Crippen LogP contribution in [0.25, 0.3) is 17.0 Å². The summed E-state index contributed by atoms with van der Waals surface area (Å²) >= 11 is 1.83. The molecule has 8 heteroatoms. The number of hydrogen-bond acceptors (Lipinski definition) is 6. The van der Waals surface area contributed by atoms with Crippen LogP contribution in [0.5, 0.6) is 5.75 Å². The number of nitrogens with two attached hydrogens (primary N) is 1. The van der Waals surface area contributed by atoms with E-state index in [9.17, 15) is 0 Å². The summed E-state index contributed by atoms with van der Waals surface area (Å²) in [5.41, 5.74) is 12.3. The van der Waals surface area contributed by atoms with Gasteiger partial charge in [0.2, 0.25) is 0 Å². The number of aromatic nitrogens is 3. The molecule has 0 saturated heterocycles. The SMILES string of the molecule is CC(C)[Si](OCCSc1ccccc1-c1nnc2ccc(O[C@@H]3CC[C@H](N)c4ccccc43)cn12)(C(C)C)C(C)C. The third-order valence-electron chi connectivity index (χ3n) is 8.66. The van der Waals surface area contributed by atoms with Crippen molar-refractivity contribution in [2.24, 2.45) is 5.73 Å². The maximum Gasteiger partial charge on any atom is 0.200 e. The Balaban J connectivity index is 1.35. The quantitative estimate of drug-likeness (QED) is 0.107. The van der Waals surface area contributed by atoms with Crippen LogP contribution in [0, 0.1) is 0 Å². The van der Waals surface area contributed by atoms with Gasteiger partial charge >= 0.3 is 0 Å². The van der Waals surface area contributed by atoms with Gasteiger partial charge in [0.15, 0.2) is 19.8 Å². The summed E-state index contributed by atoms with van der Waals surface area (Å²) in [5, 5.41) is 9.07. The second-order valence-corrected chi connectivity index (χ2v) is 18.6. The Labute approximate surface area is 250 Å². The summed E-state index contributed by atoms with van der Waals surface area (Å²) in [5.74, 6) is 2.51. The Kier molecular flexibility index (Phi) is 9.23. The number of rotatable bonds is 11. The molecule has 1 aliphatic carbocycles. The lowest BCUT2D eigenvalue weighted by atomic mass is 9.86. The lowest BCUT2D eigenvalue weighted by molar-refractivity contribution is 0.176. The first-order chi connectivity index (χ1) is 19.7. The Bertz CT molecular complexity index is 1450. The molecule has 5 rings (SSSR count). The normalized spacial score (nSPS) is 17.5. The number of ether oxygens (including phenoxy) is 1. The van der Waals surface area contributed by atoms with Crippen LogP contribution in [0.2, 0.25) is 16.6 Å². The number of hydrogen-bond donors (Lipinski definition) is 1. The minimum Gasteiger partial charge on any atom is -0.484 e. The highest BCUT2D eigenvalue weighted by Crippen LogP contribution is 2.43. The summed E-state index contributed by atoms with van der Waals surface area (Å²) in [6.07, 6.45) is 3.79. The zero-order chi connectivity index (χ0) is 29.1. The van der Waals surface area contributed by atoms with Crippen molar-refractivity contribution in [3.63, 3.8) is 0 Å². The van der Waals surface area contributed by atoms with Gasteiger partial charge in [-0.15, -0.1) is 22.0 Å². The Morgan fingerprint density at radius 1 is 0.878 bits per heavy atom. The summed E-state index contributed by atoms with van der Waals surface area (Å²) in [6, 6.07) is 20.8. The molecule has 0 bridgehead atoms. The molecule has 2 aromatic carbocycles. The van der Waals surface area contributed by atoms with Crippen molar-refractivity contribution in [3.8, 4) is 17.1 Å². The van der Waals surface area contributed by atoms with E-state index >= 15 is 0 Å². The third kappa shape index (κ3) is 5.98. The molecule has 0 fully saturated rings. The van der Waals surface area contributed by atoms with Gasteiger partial charge in [0.05, 0.1) is 6.20 Å². The molecule has 2 aromatic heterocycles. The summed E-state index contributed by atoms with van der Waals surface area (Å²) in [6.45, 7) is 14.8. The standard InChI is InChI=1S/C33H44N4O2SSi/c1-22(2)41(23(3)4,24(5)6)38-19-20-40-31-14-10-9-13-28(31)33-36-35-32-18-15-25(21-37(32)33)39-30-17-16-29(34)26-11-7-8-12-27(26)30/h7-15,18,21-24,29-30H,16-17,19-20,34H2,1-6H3/t29-,30+/m0/s1. The molecule has 0 radical (unpaired) electrons. The van der Waals surface area contributed by atoms with Gasteiger partial charge in [-0.25, -0.2) is 0 Å². The fourth-order valence-corrected chi connectivity index (χ4v) is 13.3. The van der Waals surface area contributed by atoms with Crippen molar-refractivity contribution in [1.82, 2.24) is 14.6 Å². The molecule has 0 unspecified atom stereocenters. The molecule has 41 heavy (non-hydrogen) atoms. The van der Waals surface area contributed by atoms with Crippen LogP contribution in [0.4, 0.5) is 0 Å². The van der Waals surface area contributed by atoms with Crippen molar-refractivity contribution in [2.75, 3.05) is 12.4 Å². The van der Waals surface area contributed by atoms with Gasteiger partial charge in [-0.2, -0.15) is 0 Å². The van der Waals surface area contributed by atoms with Crippen LogP contribution in [0.3, 0.4) is 0 Å². The summed E-state index contributed by atoms with van der Waals surface area (Å²) in [7, 11) is -1.88. The van der Waals surface area contributed by atoms with Crippen LogP contribution in [0.15, 0.2) is 71.8 Å². The first-order valence-electron chi connectivity index (χ1n) is 14.9. The molecule has 218 valence electrons. The first-order valence-corrected chi connectivity index (χ1v) is 18.1. The monoisotopic (exact) mass is 588 g/mol. The van der Waals surface area contributed by atoms with E-state index < -0.39 is 8.32 Å². The largest absolute Gasteiger partial charge is 0.484 e. The van der Waals surface area contributed by atoms with Gasteiger partial charge in [-0.05, 0) is 58.8 Å². The zero-order valence-corrected chi connectivity index (χ0v) is 27.0. The number of benzene rings is 2. The van der Waals surface area contributed by atoms with E-state index in [2.05, 4.69) is 100 Å². The Morgan fingerprint density at radius 2 is 1.56 bits per heavy atom. The lowest BCUT2D eigenvalue weighted by Gasteiger charge is -2.42. The second-order valence-electron chi connectivity index (χ2n) is 12.0. The molecular weight excluding hydrogens is 545 g/mol. The third-order valence-corrected chi connectivity index (χ3v) is 15.8. The molecule has 1 aliphatic rings. The van der Waals surface area contributed by atoms with E-state index in [4.69, 9.17) is 14.9 Å². The predicted molar refractivity (Wildman–Crippen MR) is 172 cm³/mol. The zero-order valence-electron chi connectivity index (χ0n) is 25.2. The van der Waals surface area contributed by atoms with Crippen molar-refractivity contribution in [1.29, 1.82) is 0 Å². The smallest absolute Gasteiger partial charge is 0.200 e. The highest BCUT2D eigenvalue weighted by molar-refractivity contribution is 7.99. The van der Waals surface area contributed by atoms with Gasteiger partial charge in [-0.1, -0.05) is 84.0 Å². The van der Waals surface area contributed by atoms with Crippen molar-refractivity contribution in [2.45, 2.75) is 88.0 Å². The minimum atomic E-state index is -1.88. The Morgan fingerprint density at radius 3 is 2.29 bits per heavy atom. The number of nitrogens with zero attached hydrogens (tertiary/aromatic N) is 3. The van der Waals surface area contributed by atoms with Crippen LogP contribution >= 0.6 is 11.8 Å². The molecule has 0 saturated carbocycles. The maximum atomic E-state index is 6.82. The Hall–Kier alpha value is -2.65. The molecule has 0 amide bonds. The van der Waals surface area contributed by atoms with E-state index in [-0.39, 0.29) is 12.1 Å². The van der Waals surface area contributed by atoms with E-state index in [1.807, 2.05) is 34.5 Å². The average Bonchev–Trinajstić information content (AvgIpc) is 3.37. The molecule has 2 heterocycles. The topological polar surface area (TPSA) is 74.7 Å². The lowest BCUT2D eigenvalue weighted by Crippen LogP contribution is -2.48. The van der Waals surface area contributed by atoms with E-state index in [1.54, 1.807) is 0 Å². The molecular formula is C33H44N4O2SSi. The number of thioether (sulfide) groups is 1. The van der Waals surface area contributed by atoms with Crippen molar-refractivity contribution < 1.29 is 9.16 Å². The predicted octanol–water partition coefficient (Wildman–Crippen LogP) is 8.59. The first kappa shape index (κ1) is 29.8. The average molecular weight is 589 g/mol. The van der Waals surface area contributed by atoms with Gasteiger partial charge in [0.1, 0.15) is 11.9 Å². The van der Waals surface area contributed by atoms with E-state index in [1.165, 1.54) is 16.0 Å². The molecule has 2 N–H and O–H groups in total. The van der Waals surface area contributed by atoms with Gasteiger partial charge in [-0.3, -0.25) is 4.40 Å². The molecule has 6 nitrogen and oxygen atoms in total. The molecule has 4 aromatic rings. The van der Waals surface area contributed by atoms with Crippen LogP contribution in [-0.2, 0) is 4.43 Å². The summed E-state index contributed by atoms with van der Waals surface area (Å²) in [4.78, 5) is 1.18. The van der Waals surface area contributed by atoms with Gasteiger partial charge in [0.25, 0.3) is 0 Å². The highest BCUT2D eigenvalue weighted by Gasteiger charge is 2.44. The highest BCUT2D eigenvalue weighted by atomic mass is 32.2. The fraction of sp³-hybridized carbons (Fsp3) is 0.455. The van der Waals surface area contributed by atoms with E-state index in [0.717, 1.165) is 48.0 Å². The van der Waals surface area contributed by atoms with Gasteiger partial charge in [0, 0.05) is 28.9 Å². The number of fused-ring (bicyclic) bond motifs is 2. The van der Waals surface area contributed by atoms with Crippen molar-refractivity contribution in [3.05, 3.63) is 78.0 Å². The molecule has 2 atom stereocenters. The maximum absolute atomic E-state index is 6.82. The molecule has 0 spiro atoms. The fourth-order valence-electron chi connectivity index (χ4n) is 6.84. The van der Waals surface area contributed by atoms with Crippen LogP contribution < -0.4 is 10.5 Å². The summed E-state index contributed by atoms with van der Waals surface area (Å²) < 4.78 is 15.4. The van der Waals surface area contributed by atoms with E-state index in [0.29, 0.717) is 16.6 Å². The second kappa shape index (κ2) is 12.7. The van der Waals surface area contributed by atoms with Crippen LogP contribution in [0.1, 0.15) is 77.7 Å². The van der Waals surface area contributed by atoms with Gasteiger partial charge < -0.3 is 14.9 Å².